The van der Waals surface area contributed by atoms with E-state index in [1.54, 1.807) is 0 Å². The fourth-order valence-electron chi connectivity index (χ4n) is 8.78. The summed E-state index contributed by atoms with van der Waals surface area (Å²) in [5.41, 5.74) is 36.9. The second kappa shape index (κ2) is 23.5. The van der Waals surface area contributed by atoms with Crippen molar-refractivity contribution in [1.82, 2.24) is 0 Å². The minimum absolute atomic E-state index is 0.728. The number of nitrogens with two attached hydrogens (primary N) is 6. The molecule has 0 spiro atoms. The van der Waals surface area contributed by atoms with Crippen LogP contribution in [0.4, 0.5) is 0 Å². The van der Waals surface area contributed by atoms with Crippen molar-refractivity contribution in [2.24, 2.45) is 34.4 Å². The molecule has 6 heterocycles. The van der Waals surface area contributed by atoms with Crippen molar-refractivity contribution in [3.05, 3.63) is 0 Å². The summed E-state index contributed by atoms with van der Waals surface area (Å²) in [5.74, 6) is 0. The van der Waals surface area contributed by atoms with Gasteiger partial charge in [-0.3, -0.25) is 0 Å². The van der Waals surface area contributed by atoms with Gasteiger partial charge in [0, 0.05) is 0 Å². The van der Waals surface area contributed by atoms with Crippen molar-refractivity contribution in [1.29, 1.82) is 0 Å². The Morgan fingerprint density at radius 2 is 0.478 bits per heavy atom. The molecule has 0 aromatic heterocycles. The number of hydrogen-bond donors (Lipinski definition) is 20. The predicted molar refractivity (Wildman–Crippen MR) is 211 cm³/mol. The van der Waals surface area contributed by atoms with Gasteiger partial charge in [0.1, 0.15) is 110 Å². The molecule has 0 aromatic carbocycles. The molecule has 31 nitrogen and oxygen atoms in total. The maximum atomic E-state index is 11.4. The lowest BCUT2D eigenvalue weighted by molar-refractivity contribution is -0.367. The molecule has 6 aliphatic rings. The van der Waals surface area contributed by atoms with Gasteiger partial charge in [-0.15, -0.1) is 0 Å². The molecule has 67 heavy (non-hydrogen) atoms. The second-order valence-corrected chi connectivity index (χ2v) is 17.3. The van der Waals surface area contributed by atoms with Crippen molar-refractivity contribution >= 4 is 0 Å². The number of ether oxygens (including phenoxy) is 11. The smallest absolute Gasteiger partial charge is 0.176 e. The van der Waals surface area contributed by atoms with Crippen LogP contribution in [0.15, 0.2) is 0 Å². The largest absolute Gasteiger partial charge is 0.394 e. The highest BCUT2D eigenvalue weighted by atomic mass is 16.8. The van der Waals surface area contributed by atoms with Gasteiger partial charge in [0.05, 0.1) is 75.9 Å². The summed E-state index contributed by atoms with van der Waals surface area (Å²) in [6, 6.07) is -8.85. The molecule has 30 atom stereocenters. The predicted octanol–water partition coefficient (Wildman–Crippen LogP) is -14.3. The molecule has 0 radical (unpaired) electrons. The summed E-state index contributed by atoms with van der Waals surface area (Å²) < 4.78 is 63.1. The quantitative estimate of drug-likeness (QED) is 0.0683. The first-order valence-electron chi connectivity index (χ1n) is 21.6. The second-order valence-electron chi connectivity index (χ2n) is 17.3. The first-order chi connectivity index (χ1) is 31.8. The van der Waals surface area contributed by atoms with Crippen LogP contribution in [0.25, 0.3) is 0 Å². The van der Waals surface area contributed by atoms with Gasteiger partial charge in [0.2, 0.25) is 0 Å². The Morgan fingerprint density at radius 3 is 0.731 bits per heavy atom. The number of rotatable bonds is 16. The van der Waals surface area contributed by atoms with Crippen molar-refractivity contribution in [3.8, 4) is 0 Å². The molecule has 15 unspecified atom stereocenters. The zero-order valence-electron chi connectivity index (χ0n) is 35.8. The van der Waals surface area contributed by atoms with E-state index in [2.05, 4.69) is 0 Å². The molecule has 6 fully saturated rings. The third-order valence-electron chi connectivity index (χ3n) is 12.9. The SMILES string of the molecule is NC1[C@H](O[C@H]2C(CO)O[C@H](OC3C(CO)O[C@@H](O[C@H]4C(CO)O[C@H](OC5C(CO)O[C@@H](O[C@H]6C(CO)O[C@H](O)[C@H](N)C6O)C(N)[C@H]5O)[C@H](N)C4O)C(N)[C@H]3O)[C@H](N)C2O)OC(CO)C(O)[C@@H]1O. The molecule has 0 amide bonds. The Labute approximate surface area is 381 Å². The van der Waals surface area contributed by atoms with E-state index in [9.17, 15) is 71.5 Å². The van der Waals surface area contributed by atoms with Crippen LogP contribution in [-0.4, -0.2) is 295 Å². The van der Waals surface area contributed by atoms with Crippen LogP contribution in [0.2, 0.25) is 0 Å². The number of aliphatic hydroxyl groups excluding tert-OH is 14. The van der Waals surface area contributed by atoms with Gasteiger partial charge in [0.15, 0.2) is 37.7 Å². The lowest BCUT2D eigenvalue weighted by Gasteiger charge is -2.50. The molecular formula is C36H68N6O25. The first-order valence-corrected chi connectivity index (χ1v) is 21.6. The lowest BCUT2D eigenvalue weighted by atomic mass is 9.93. The normalized spacial score (nSPS) is 53.4. The van der Waals surface area contributed by atoms with E-state index < -0.39 is 224 Å². The van der Waals surface area contributed by atoms with Crippen LogP contribution >= 0.6 is 0 Å². The van der Waals surface area contributed by atoms with Crippen molar-refractivity contribution in [2.45, 2.75) is 184 Å². The third kappa shape index (κ3) is 11.2. The van der Waals surface area contributed by atoms with Crippen LogP contribution in [0, 0.1) is 0 Å². The van der Waals surface area contributed by atoms with E-state index in [0.29, 0.717) is 0 Å². The average molecular weight is 985 g/mol. The van der Waals surface area contributed by atoms with Gasteiger partial charge in [0.25, 0.3) is 0 Å². The van der Waals surface area contributed by atoms with E-state index in [1.807, 2.05) is 0 Å². The standard InChI is InChI=1S/C36H68N6O25/c37-13-21(51)26(8(2-44)57-31(13)56)63-33-15(39)23(53)28(10(4-46)59-33)65-35-17(41)25(55)30(12(6-48)61-35)67-36-18(42)24(54)29(11(5-47)62-36)66-34-16(40)22(52)27(9(3-45)60-34)64-32-14(38)20(50)19(49)7(1-43)58-32/h7-36,43-56H,1-6,37-42H2/t7?,8?,9?,10?,11?,12?,13-,14?,15?,16-,17-,18?,19?,20-,21?,22?,23-,24-,25?,26+,27+,28?,29?,30+,31+,32+,33+,34-,35-,36+/m1/s1. The molecular weight excluding hydrogens is 916 g/mol. The Bertz CT molecular complexity index is 1520. The molecule has 6 saturated heterocycles. The third-order valence-corrected chi connectivity index (χ3v) is 12.9. The van der Waals surface area contributed by atoms with Gasteiger partial charge in [-0.25, -0.2) is 0 Å². The average Bonchev–Trinajstić information content (AvgIpc) is 3.32. The van der Waals surface area contributed by atoms with Crippen LogP contribution in [0.5, 0.6) is 0 Å². The van der Waals surface area contributed by atoms with Gasteiger partial charge in [-0.2, -0.15) is 0 Å². The summed E-state index contributed by atoms with van der Waals surface area (Å²) >= 11 is 0. The van der Waals surface area contributed by atoms with Gasteiger partial charge in [-0.05, 0) is 0 Å². The van der Waals surface area contributed by atoms with E-state index in [4.69, 9.17) is 86.5 Å². The van der Waals surface area contributed by atoms with Gasteiger partial charge >= 0.3 is 0 Å². The van der Waals surface area contributed by atoms with Crippen molar-refractivity contribution in [2.75, 3.05) is 39.6 Å². The summed E-state index contributed by atoms with van der Waals surface area (Å²) in [7, 11) is 0. The minimum Gasteiger partial charge on any atom is -0.394 e. The van der Waals surface area contributed by atoms with Crippen LogP contribution in [0.1, 0.15) is 0 Å². The Hall–Kier alpha value is -1.24. The van der Waals surface area contributed by atoms with Crippen molar-refractivity contribution < 1.29 is 124 Å². The summed E-state index contributed by atoms with van der Waals surface area (Å²) in [4.78, 5) is 0. The van der Waals surface area contributed by atoms with Crippen LogP contribution in [-0.2, 0) is 52.1 Å². The van der Waals surface area contributed by atoms with Gasteiger partial charge < -0.3 is 158 Å². The highest BCUT2D eigenvalue weighted by molar-refractivity contribution is 5.02. The fraction of sp³-hybridized carbons (Fsp3) is 1.00. The van der Waals surface area contributed by atoms with Gasteiger partial charge in [-0.1, -0.05) is 0 Å². The number of hydrogen-bond acceptors (Lipinski definition) is 31. The molecule has 6 rings (SSSR count). The van der Waals surface area contributed by atoms with Crippen molar-refractivity contribution in [3.63, 3.8) is 0 Å². The molecule has 0 bridgehead atoms. The summed E-state index contributed by atoms with van der Waals surface area (Å²) in [6.45, 7) is -4.85. The highest BCUT2D eigenvalue weighted by Crippen LogP contribution is 2.35. The Kier molecular flexibility index (Phi) is 19.4. The molecule has 26 N–H and O–H groups in total. The highest BCUT2D eigenvalue weighted by Gasteiger charge is 2.56. The molecule has 31 heteroatoms. The first kappa shape index (κ1) is 55.1. The monoisotopic (exact) mass is 984 g/mol. The van der Waals surface area contributed by atoms with E-state index in [0.717, 1.165) is 0 Å². The fourth-order valence-corrected chi connectivity index (χ4v) is 8.78. The topological polar surface area (TPSA) is 541 Å². The molecule has 0 aromatic rings. The Balaban J connectivity index is 1.07. The van der Waals surface area contributed by atoms with Crippen LogP contribution in [0.3, 0.4) is 0 Å². The van der Waals surface area contributed by atoms with E-state index >= 15 is 0 Å². The van der Waals surface area contributed by atoms with E-state index in [1.165, 1.54) is 0 Å². The van der Waals surface area contributed by atoms with E-state index in [-0.39, 0.29) is 0 Å². The lowest BCUT2D eigenvalue weighted by Crippen LogP contribution is -2.71. The Morgan fingerprint density at radius 1 is 0.269 bits per heavy atom. The maximum absolute atomic E-state index is 11.4. The number of aliphatic hydroxyl groups is 14. The zero-order chi connectivity index (χ0) is 49.3. The molecule has 6 aliphatic heterocycles. The maximum Gasteiger partial charge on any atom is 0.176 e. The molecule has 0 aliphatic carbocycles. The molecule has 0 saturated carbocycles. The summed E-state index contributed by atoms with van der Waals surface area (Å²) in [6.07, 6.45) is -37.6. The summed E-state index contributed by atoms with van der Waals surface area (Å²) in [5, 5.41) is 147. The minimum atomic E-state index is -1.79. The molecule has 392 valence electrons. The van der Waals surface area contributed by atoms with Crippen LogP contribution < -0.4 is 34.4 Å². The zero-order valence-corrected chi connectivity index (χ0v) is 35.8.